The summed E-state index contributed by atoms with van der Waals surface area (Å²) >= 11 is 5.92. The van der Waals surface area contributed by atoms with E-state index in [0.29, 0.717) is 30.0 Å². The lowest BCUT2D eigenvalue weighted by Gasteiger charge is -2.35. The Bertz CT molecular complexity index is 1490. The normalized spacial score (nSPS) is 21.2. The lowest BCUT2D eigenvalue weighted by Crippen LogP contribution is -2.42. The molecule has 1 N–H and O–H groups in total. The van der Waals surface area contributed by atoms with Gasteiger partial charge in [0, 0.05) is 19.1 Å². The maximum absolute atomic E-state index is 14.2. The van der Waals surface area contributed by atoms with Crippen LogP contribution in [-0.4, -0.2) is 69.1 Å². The third-order valence-electron chi connectivity index (χ3n) is 8.21. The molecule has 2 aliphatic heterocycles. The van der Waals surface area contributed by atoms with E-state index >= 15 is 0 Å². The Morgan fingerprint density at radius 1 is 1.12 bits per heavy atom. The average Bonchev–Trinajstić information content (AvgIpc) is 3.59. The van der Waals surface area contributed by atoms with Crippen molar-refractivity contribution in [3.8, 4) is 5.69 Å². The van der Waals surface area contributed by atoms with Gasteiger partial charge in [-0.05, 0) is 108 Å². The molecule has 3 aromatic rings. The fourth-order valence-corrected chi connectivity index (χ4v) is 6.25. The fourth-order valence-electron chi connectivity index (χ4n) is 6.13. The molecule has 2 saturated heterocycles. The minimum Gasteiger partial charge on any atom is -0.444 e. The van der Waals surface area contributed by atoms with E-state index in [0.717, 1.165) is 43.4 Å². The van der Waals surface area contributed by atoms with E-state index in [2.05, 4.69) is 20.5 Å². The first-order valence-corrected chi connectivity index (χ1v) is 15.3. The Morgan fingerprint density at radius 2 is 1.91 bits per heavy atom. The van der Waals surface area contributed by atoms with Gasteiger partial charge in [0.2, 0.25) is 0 Å². The summed E-state index contributed by atoms with van der Waals surface area (Å²) in [6.45, 7) is 9.38. The molecule has 0 spiro atoms. The first-order valence-electron chi connectivity index (χ1n) is 14.9. The predicted molar refractivity (Wildman–Crippen MR) is 163 cm³/mol. The minimum absolute atomic E-state index is 0.0363. The summed E-state index contributed by atoms with van der Waals surface area (Å²) in [6.07, 6.45) is 4.93. The van der Waals surface area contributed by atoms with E-state index in [1.165, 1.54) is 6.07 Å². The monoisotopic (exact) mass is 610 g/mol. The second-order valence-corrected chi connectivity index (χ2v) is 13.1. The number of carbonyl (C=O) groups excluding carboxylic acids is 2. The Kier molecular flexibility index (Phi) is 9.08. The van der Waals surface area contributed by atoms with Crippen molar-refractivity contribution in [1.82, 2.24) is 30.1 Å². The molecule has 0 aliphatic carbocycles. The Labute approximate surface area is 257 Å². The highest BCUT2D eigenvalue weighted by Crippen LogP contribution is 2.37. The van der Waals surface area contributed by atoms with Crippen LogP contribution in [0.1, 0.15) is 85.7 Å². The summed E-state index contributed by atoms with van der Waals surface area (Å²) in [5.41, 5.74) is 2.95. The van der Waals surface area contributed by atoms with Gasteiger partial charge in [-0.25, -0.2) is 13.9 Å². The molecular weight excluding hydrogens is 571 g/mol. The van der Waals surface area contributed by atoms with Crippen LogP contribution in [0.2, 0.25) is 5.02 Å². The molecule has 1 aromatic heterocycles. The first-order chi connectivity index (χ1) is 20.4. The maximum Gasteiger partial charge on any atom is 0.410 e. The highest BCUT2D eigenvalue weighted by Gasteiger charge is 2.35. The minimum atomic E-state index is -0.598. The van der Waals surface area contributed by atoms with Crippen LogP contribution < -0.4 is 5.32 Å². The van der Waals surface area contributed by atoms with Crippen molar-refractivity contribution in [3.63, 3.8) is 0 Å². The standard InChI is InChI=1S/C32H40ClFN6O3/c1-20-9-11-23(30(41)35-18-22-13-15-38(5)29(22)21-10-12-24(33)25(34)17-21)28(16-20)40-19-26(36-37-40)27-8-6-7-14-39(27)31(42)43-32(2,3)4/h9-12,16-17,19,22,27,29H,6-8,13-15,18H2,1-5H3,(H,35,41). The van der Waals surface area contributed by atoms with Crippen LogP contribution >= 0.6 is 11.6 Å². The number of likely N-dealkylation sites (tertiary alicyclic amines) is 2. The number of nitrogens with zero attached hydrogens (tertiary/aromatic N) is 5. The van der Waals surface area contributed by atoms with E-state index in [4.69, 9.17) is 16.3 Å². The Hall–Kier alpha value is -3.50. The molecule has 2 aliphatic rings. The molecule has 2 amide bonds. The number of aromatic nitrogens is 3. The molecule has 3 unspecified atom stereocenters. The predicted octanol–water partition coefficient (Wildman–Crippen LogP) is 6.25. The van der Waals surface area contributed by atoms with Gasteiger partial charge in [0.25, 0.3) is 5.91 Å². The Morgan fingerprint density at radius 3 is 2.65 bits per heavy atom. The number of ether oxygens (including phenoxy) is 1. The van der Waals surface area contributed by atoms with Crippen molar-refractivity contribution in [2.24, 2.45) is 5.92 Å². The van der Waals surface area contributed by atoms with Gasteiger partial charge in [0.15, 0.2) is 0 Å². The van der Waals surface area contributed by atoms with E-state index < -0.39 is 11.4 Å². The molecule has 0 saturated carbocycles. The SMILES string of the molecule is Cc1ccc(C(=O)NCC2CCN(C)C2c2ccc(Cl)c(F)c2)c(-n2cc(C3CCCCN3C(=O)OC(C)(C)C)nn2)c1. The van der Waals surface area contributed by atoms with Crippen LogP contribution in [0, 0.1) is 18.7 Å². The zero-order valence-corrected chi connectivity index (χ0v) is 26.2. The highest BCUT2D eigenvalue weighted by atomic mass is 35.5. The lowest BCUT2D eigenvalue weighted by atomic mass is 9.93. The van der Waals surface area contributed by atoms with Crippen molar-refractivity contribution in [3.05, 3.63) is 75.8 Å². The number of rotatable bonds is 6. The summed E-state index contributed by atoms with van der Waals surface area (Å²) in [7, 11) is 2.01. The summed E-state index contributed by atoms with van der Waals surface area (Å²) < 4.78 is 21.5. The summed E-state index contributed by atoms with van der Waals surface area (Å²) in [5.74, 6) is -0.566. The van der Waals surface area contributed by atoms with Crippen molar-refractivity contribution in [2.75, 3.05) is 26.7 Å². The summed E-state index contributed by atoms with van der Waals surface area (Å²) in [6, 6.07) is 10.2. The number of hydrogen-bond acceptors (Lipinski definition) is 6. The van der Waals surface area contributed by atoms with Gasteiger partial charge in [0.1, 0.15) is 17.1 Å². The molecular formula is C32H40ClFN6O3. The third kappa shape index (κ3) is 7.02. The largest absolute Gasteiger partial charge is 0.444 e. The smallest absolute Gasteiger partial charge is 0.410 e. The molecule has 11 heteroatoms. The molecule has 3 heterocycles. The molecule has 9 nitrogen and oxygen atoms in total. The zero-order valence-electron chi connectivity index (χ0n) is 25.4. The average molecular weight is 611 g/mol. The highest BCUT2D eigenvalue weighted by molar-refractivity contribution is 6.30. The molecule has 230 valence electrons. The van der Waals surface area contributed by atoms with E-state index in [1.807, 2.05) is 52.9 Å². The number of amides is 2. The van der Waals surface area contributed by atoms with Crippen molar-refractivity contribution < 1.29 is 18.7 Å². The Balaban J connectivity index is 1.34. The van der Waals surface area contributed by atoms with Gasteiger partial charge in [-0.3, -0.25) is 14.6 Å². The van der Waals surface area contributed by atoms with Crippen LogP contribution in [-0.2, 0) is 4.74 Å². The van der Waals surface area contributed by atoms with Gasteiger partial charge in [0.05, 0.1) is 28.5 Å². The quantitative estimate of drug-likeness (QED) is 0.355. The maximum atomic E-state index is 14.2. The summed E-state index contributed by atoms with van der Waals surface area (Å²) in [4.78, 5) is 30.5. The molecule has 0 radical (unpaired) electrons. The number of piperidine rings is 1. The van der Waals surface area contributed by atoms with Gasteiger partial charge >= 0.3 is 6.09 Å². The first kappa shape index (κ1) is 30.9. The van der Waals surface area contributed by atoms with E-state index in [1.54, 1.807) is 27.9 Å². The van der Waals surface area contributed by atoms with Gasteiger partial charge < -0.3 is 10.1 Å². The van der Waals surface area contributed by atoms with Crippen LogP contribution in [0.25, 0.3) is 5.69 Å². The number of carbonyl (C=O) groups is 2. The fraction of sp³-hybridized carbons (Fsp3) is 0.500. The number of nitrogens with one attached hydrogen (secondary N) is 1. The second-order valence-electron chi connectivity index (χ2n) is 12.7. The molecule has 0 bridgehead atoms. The van der Waals surface area contributed by atoms with Gasteiger partial charge in [-0.1, -0.05) is 28.9 Å². The van der Waals surface area contributed by atoms with Crippen LogP contribution in [0.3, 0.4) is 0 Å². The molecule has 43 heavy (non-hydrogen) atoms. The van der Waals surface area contributed by atoms with E-state index in [9.17, 15) is 14.0 Å². The topological polar surface area (TPSA) is 92.6 Å². The van der Waals surface area contributed by atoms with Crippen molar-refractivity contribution in [2.45, 2.75) is 71.1 Å². The van der Waals surface area contributed by atoms with Crippen molar-refractivity contribution in [1.29, 1.82) is 0 Å². The van der Waals surface area contributed by atoms with Crippen molar-refractivity contribution >= 4 is 23.6 Å². The lowest BCUT2D eigenvalue weighted by molar-refractivity contribution is 0.00898. The summed E-state index contributed by atoms with van der Waals surface area (Å²) in [5, 5.41) is 12.0. The van der Waals surface area contributed by atoms with Crippen LogP contribution in [0.15, 0.2) is 42.6 Å². The number of hydrogen-bond donors (Lipinski definition) is 1. The number of aryl methyl sites for hydroxylation is 1. The second kappa shape index (κ2) is 12.6. The molecule has 2 fully saturated rings. The molecule has 5 rings (SSSR count). The third-order valence-corrected chi connectivity index (χ3v) is 8.52. The molecule has 2 aromatic carbocycles. The molecule has 3 atom stereocenters. The van der Waals surface area contributed by atoms with Crippen LogP contribution in [0.4, 0.5) is 9.18 Å². The van der Waals surface area contributed by atoms with Gasteiger partial charge in [-0.2, -0.15) is 0 Å². The van der Waals surface area contributed by atoms with Crippen LogP contribution in [0.5, 0.6) is 0 Å². The van der Waals surface area contributed by atoms with Gasteiger partial charge in [-0.15, -0.1) is 5.10 Å². The zero-order chi connectivity index (χ0) is 30.9. The number of halogens is 2. The number of benzene rings is 2. The van der Waals surface area contributed by atoms with E-state index in [-0.39, 0.29) is 35.0 Å².